The maximum absolute atomic E-state index is 11.2. The van der Waals surface area contributed by atoms with Crippen molar-refractivity contribution in [1.82, 2.24) is 10.6 Å². The summed E-state index contributed by atoms with van der Waals surface area (Å²) in [4.78, 5) is 11.2. The molecule has 2 unspecified atom stereocenters. The SMILES string of the molecule is COCCC(=O)NCC1C2CNCC21. The van der Waals surface area contributed by atoms with Crippen molar-refractivity contribution in [2.45, 2.75) is 6.42 Å². The Bertz CT molecular complexity index is 210. The van der Waals surface area contributed by atoms with E-state index >= 15 is 0 Å². The number of nitrogens with one attached hydrogen (secondary N) is 2. The van der Waals surface area contributed by atoms with Crippen molar-refractivity contribution in [3.8, 4) is 0 Å². The zero-order valence-corrected chi connectivity index (χ0v) is 8.58. The van der Waals surface area contributed by atoms with E-state index in [1.165, 1.54) is 0 Å². The number of carbonyl (C=O) groups is 1. The predicted octanol–water partition coefficient (Wildman–Crippen LogP) is -0.395. The maximum Gasteiger partial charge on any atom is 0.222 e. The zero-order valence-electron chi connectivity index (χ0n) is 8.58. The summed E-state index contributed by atoms with van der Waals surface area (Å²) < 4.78 is 4.84. The van der Waals surface area contributed by atoms with Gasteiger partial charge in [-0.05, 0) is 30.8 Å². The topological polar surface area (TPSA) is 50.4 Å². The summed E-state index contributed by atoms with van der Waals surface area (Å²) in [7, 11) is 1.62. The van der Waals surface area contributed by atoms with E-state index in [-0.39, 0.29) is 5.91 Å². The van der Waals surface area contributed by atoms with Crippen molar-refractivity contribution in [2.75, 3.05) is 33.4 Å². The Kier molecular flexibility index (Phi) is 3.03. The van der Waals surface area contributed by atoms with E-state index in [4.69, 9.17) is 4.74 Å². The molecule has 2 N–H and O–H groups in total. The quantitative estimate of drug-likeness (QED) is 0.632. The van der Waals surface area contributed by atoms with Crippen molar-refractivity contribution in [3.05, 3.63) is 0 Å². The molecule has 1 aliphatic heterocycles. The number of methoxy groups -OCH3 is 1. The highest BCUT2D eigenvalue weighted by Gasteiger charge is 2.52. The molecule has 14 heavy (non-hydrogen) atoms. The summed E-state index contributed by atoms with van der Waals surface area (Å²) >= 11 is 0. The van der Waals surface area contributed by atoms with Crippen molar-refractivity contribution >= 4 is 5.91 Å². The number of piperidine rings is 1. The first-order chi connectivity index (χ1) is 6.83. The van der Waals surface area contributed by atoms with Crippen LogP contribution in [0.15, 0.2) is 0 Å². The molecule has 1 saturated carbocycles. The first-order valence-electron chi connectivity index (χ1n) is 5.29. The van der Waals surface area contributed by atoms with E-state index < -0.39 is 0 Å². The van der Waals surface area contributed by atoms with Crippen molar-refractivity contribution in [3.63, 3.8) is 0 Å². The fourth-order valence-corrected chi connectivity index (χ4v) is 2.36. The van der Waals surface area contributed by atoms with Gasteiger partial charge in [0.25, 0.3) is 0 Å². The summed E-state index contributed by atoms with van der Waals surface area (Å²) in [5.74, 6) is 2.52. The molecule has 4 nitrogen and oxygen atoms in total. The van der Waals surface area contributed by atoms with Crippen LogP contribution in [0.3, 0.4) is 0 Å². The second-order valence-electron chi connectivity index (χ2n) is 4.20. The Morgan fingerprint density at radius 1 is 1.50 bits per heavy atom. The fourth-order valence-electron chi connectivity index (χ4n) is 2.36. The molecule has 2 atom stereocenters. The van der Waals surface area contributed by atoms with E-state index in [0.29, 0.717) is 13.0 Å². The van der Waals surface area contributed by atoms with Crippen LogP contribution >= 0.6 is 0 Å². The lowest BCUT2D eigenvalue weighted by Crippen LogP contribution is -2.29. The van der Waals surface area contributed by atoms with E-state index in [1.807, 2.05) is 0 Å². The average molecular weight is 198 g/mol. The molecule has 2 rings (SSSR count). The Balaban J connectivity index is 1.57. The van der Waals surface area contributed by atoms with Gasteiger partial charge in [0.1, 0.15) is 0 Å². The minimum Gasteiger partial charge on any atom is -0.384 e. The van der Waals surface area contributed by atoms with Gasteiger partial charge in [0.15, 0.2) is 0 Å². The lowest BCUT2D eigenvalue weighted by atomic mass is 10.2. The molecule has 2 fully saturated rings. The van der Waals surface area contributed by atoms with Gasteiger partial charge in [0, 0.05) is 20.1 Å². The predicted molar refractivity (Wildman–Crippen MR) is 52.8 cm³/mol. The van der Waals surface area contributed by atoms with Gasteiger partial charge in [0.2, 0.25) is 5.91 Å². The Morgan fingerprint density at radius 3 is 2.86 bits per heavy atom. The molecule has 0 spiro atoms. The molecule has 2 aliphatic rings. The molecule has 0 radical (unpaired) electrons. The van der Waals surface area contributed by atoms with Crippen LogP contribution in [-0.2, 0) is 9.53 Å². The lowest BCUT2D eigenvalue weighted by molar-refractivity contribution is -0.122. The highest BCUT2D eigenvalue weighted by atomic mass is 16.5. The second-order valence-corrected chi connectivity index (χ2v) is 4.20. The average Bonchev–Trinajstić information content (AvgIpc) is 2.62. The number of fused-ring (bicyclic) bond motifs is 1. The third kappa shape index (κ3) is 2.07. The highest BCUT2D eigenvalue weighted by Crippen LogP contribution is 2.47. The molecular weight excluding hydrogens is 180 g/mol. The Labute approximate surface area is 84.4 Å². The summed E-state index contributed by atoms with van der Waals surface area (Å²) in [6.07, 6.45) is 0.483. The molecule has 0 bridgehead atoms. The summed E-state index contributed by atoms with van der Waals surface area (Å²) in [6, 6.07) is 0. The van der Waals surface area contributed by atoms with Gasteiger partial charge in [-0.15, -0.1) is 0 Å². The number of hydrogen-bond acceptors (Lipinski definition) is 3. The first-order valence-corrected chi connectivity index (χ1v) is 5.29. The lowest BCUT2D eigenvalue weighted by Gasteiger charge is -2.06. The molecule has 0 aromatic heterocycles. The standard InChI is InChI=1S/C10H18N2O2/c1-14-3-2-10(13)12-6-9-7-4-11-5-8(7)9/h7-9,11H,2-6H2,1H3,(H,12,13). The largest absolute Gasteiger partial charge is 0.384 e. The molecule has 0 aromatic rings. The smallest absolute Gasteiger partial charge is 0.222 e. The summed E-state index contributed by atoms with van der Waals surface area (Å²) in [5, 5.41) is 6.30. The third-order valence-electron chi connectivity index (χ3n) is 3.34. The van der Waals surface area contributed by atoms with E-state index in [1.54, 1.807) is 7.11 Å². The minimum atomic E-state index is 0.116. The third-order valence-corrected chi connectivity index (χ3v) is 3.34. The van der Waals surface area contributed by atoms with Crippen molar-refractivity contribution in [2.24, 2.45) is 17.8 Å². The fraction of sp³-hybridized carbons (Fsp3) is 0.900. The van der Waals surface area contributed by atoms with Crippen LogP contribution in [0, 0.1) is 17.8 Å². The number of ether oxygens (including phenoxy) is 1. The normalized spacial score (nSPS) is 33.9. The summed E-state index contributed by atoms with van der Waals surface area (Å²) in [6.45, 7) is 3.66. The van der Waals surface area contributed by atoms with Crippen LogP contribution < -0.4 is 10.6 Å². The molecule has 1 heterocycles. The number of amides is 1. The number of hydrogen-bond donors (Lipinski definition) is 2. The van der Waals surface area contributed by atoms with Crippen LogP contribution in [0.1, 0.15) is 6.42 Å². The van der Waals surface area contributed by atoms with E-state index in [9.17, 15) is 4.79 Å². The van der Waals surface area contributed by atoms with Crippen LogP contribution in [0.2, 0.25) is 0 Å². The maximum atomic E-state index is 11.2. The van der Waals surface area contributed by atoms with Gasteiger partial charge in [0.05, 0.1) is 6.61 Å². The first kappa shape index (κ1) is 9.93. The van der Waals surface area contributed by atoms with Crippen molar-refractivity contribution in [1.29, 1.82) is 0 Å². The zero-order chi connectivity index (χ0) is 9.97. The van der Waals surface area contributed by atoms with Gasteiger partial charge in [-0.1, -0.05) is 0 Å². The van der Waals surface area contributed by atoms with Crippen LogP contribution in [0.5, 0.6) is 0 Å². The highest BCUT2D eigenvalue weighted by molar-refractivity contribution is 5.75. The number of carbonyl (C=O) groups excluding carboxylic acids is 1. The summed E-state index contributed by atoms with van der Waals surface area (Å²) in [5.41, 5.74) is 0. The van der Waals surface area contributed by atoms with E-state index in [2.05, 4.69) is 10.6 Å². The van der Waals surface area contributed by atoms with Gasteiger partial charge < -0.3 is 15.4 Å². The molecule has 80 valence electrons. The monoisotopic (exact) mass is 198 g/mol. The van der Waals surface area contributed by atoms with Crippen LogP contribution in [0.4, 0.5) is 0 Å². The number of rotatable bonds is 5. The van der Waals surface area contributed by atoms with Gasteiger partial charge >= 0.3 is 0 Å². The van der Waals surface area contributed by atoms with E-state index in [0.717, 1.165) is 37.4 Å². The van der Waals surface area contributed by atoms with Gasteiger partial charge in [-0.25, -0.2) is 0 Å². The molecule has 1 saturated heterocycles. The van der Waals surface area contributed by atoms with Crippen LogP contribution in [0.25, 0.3) is 0 Å². The van der Waals surface area contributed by atoms with Crippen LogP contribution in [-0.4, -0.2) is 39.3 Å². The van der Waals surface area contributed by atoms with Crippen molar-refractivity contribution < 1.29 is 9.53 Å². The molecule has 4 heteroatoms. The molecular formula is C10H18N2O2. The molecule has 1 aliphatic carbocycles. The Hall–Kier alpha value is -0.610. The molecule has 0 aromatic carbocycles. The minimum absolute atomic E-state index is 0.116. The van der Waals surface area contributed by atoms with Gasteiger partial charge in [-0.3, -0.25) is 4.79 Å². The Morgan fingerprint density at radius 2 is 2.21 bits per heavy atom. The second kappa shape index (κ2) is 4.28. The molecule has 1 amide bonds. The van der Waals surface area contributed by atoms with Gasteiger partial charge in [-0.2, -0.15) is 0 Å².